The van der Waals surface area contributed by atoms with Crippen LogP contribution < -0.4 is 6.15 Å². The van der Waals surface area contributed by atoms with Gasteiger partial charge in [-0.25, -0.2) is 0 Å². The first-order valence-electron chi connectivity index (χ1n) is 3.68. The van der Waals surface area contributed by atoms with Gasteiger partial charge in [-0.2, -0.15) is 0 Å². The highest BCUT2D eigenvalue weighted by Gasteiger charge is 1.90. The van der Waals surface area contributed by atoms with Gasteiger partial charge in [0.2, 0.25) is 0 Å². The van der Waals surface area contributed by atoms with E-state index in [1.807, 2.05) is 18.3 Å². The van der Waals surface area contributed by atoms with E-state index in [1.165, 1.54) is 10.9 Å². The smallest absolute Gasteiger partial charge is 0.0702 e. The topological polar surface area (TPSA) is 47.9 Å². The molecule has 0 spiro atoms. The van der Waals surface area contributed by atoms with Gasteiger partial charge in [-0.05, 0) is 25.1 Å². The Bertz CT molecular complexity index is 382. The minimum atomic E-state index is 0. The number of rotatable bonds is 0. The molecule has 1 aromatic heterocycles. The predicted molar refractivity (Wildman–Crippen MR) is 51.5 cm³/mol. The Labute approximate surface area is 71.8 Å². The Morgan fingerprint density at radius 1 is 1.17 bits per heavy atom. The normalized spacial score (nSPS) is 9.42. The highest BCUT2D eigenvalue weighted by atomic mass is 14.6. The first kappa shape index (κ1) is 8.68. The fraction of sp³-hybridized carbons (Fsp3) is 0.100. The Morgan fingerprint density at radius 2 is 2.00 bits per heavy atom. The van der Waals surface area contributed by atoms with Crippen molar-refractivity contribution >= 4 is 10.9 Å². The molecule has 2 aromatic rings. The molecule has 0 unspecified atom stereocenters. The number of nitrogens with zero attached hydrogens (tertiary/aromatic N) is 1. The zero-order valence-corrected chi connectivity index (χ0v) is 7.12. The Morgan fingerprint density at radius 3 is 2.83 bits per heavy atom. The summed E-state index contributed by atoms with van der Waals surface area (Å²) in [6.45, 7) is 2.09. The number of hydrogen-bond donors (Lipinski definition) is 1. The minimum absolute atomic E-state index is 0. The highest BCUT2D eigenvalue weighted by molar-refractivity contribution is 5.78. The summed E-state index contributed by atoms with van der Waals surface area (Å²) in [4.78, 5) is 4.22. The van der Waals surface area contributed by atoms with E-state index in [1.54, 1.807) is 0 Å². The number of aryl methyl sites for hydroxylation is 1. The number of pyridine rings is 1. The lowest BCUT2D eigenvalue weighted by Gasteiger charge is -1.95. The molecule has 2 heteroatoms. The molecule has 0 aliphatic rings. The summed E-state index contributed by atoms with van der Waals surface area (Å²) in [5, 5.41) is 1.22. The maximum absolute atomic E-state index is 4.22. The quantitative estimate of drug-likeness (QED) is 0.644. The largest absolute Gasteiger partial charge is 0.344 e. The molecular formula is C10H12N2. The van der Waals surface area contributed by atoms with E-state index < -0.39 is 0 Å². The second-order valence-electron chi connectivity index (χ2n) is 2.70. The third-order valence-corrected chi connectivity index (χ3v) is 1.76. The molecule has 0 aliphatic heterocycles. The van der Waals surface area contributed by atoms with E-state index in [0.29, 0.717) is 0 Å². The number of benzene rings is 1. The van der Waals surface area contributed by atoms with Crippen LogP contribution in [0.5, 0.6) is 0 Å². The molecule has 2 rings (SSSR count). The third kappa shape index (κ3) is 1.43. The molecule has 3 N–H and O–H groups in total. The molecule has 0 saturated carbocycles. The second kappa shape index (κ2) is 3.32. The van der Waals surface area contributed by atoms with Crippen molar-refractivity contribution in [1.82, 2.24) is 11.1 Å². The third-order valence-electron chi connectivity index (χ3n) is 1.76. The van der Waals surface area contributed by atoms with Gasteiger partial charge in [-0.15, -0.1) is 0 Å². The SMILES string of the molecule is Cc1ccc2ncccc2c1.N. The number of hydrogen-bond acceptors (Lipinski definition) is 2. The molecular weight excluding hydrogens is 148 g/mol. The van der Waals surface area contributed by atoms with Gasteiger partial charge in [0.1, 0.15) is 0 Å². The van der Waals surface area contributed by atoms with E-state index >= 15 is 0 Å². The van der Waals surface area contributed by atoms with Crippen LogP contribution in [0.1, 0.15) is 5.56 Å². The van der Waals surface area contributed by atoms with Gasteiger partial charge in [0.05, 0.1) is 5.52 Å². The molecule has 12 heavy (non-hydrogen) atoms. The van der Waals surface area contributed by atoms with Crippen LogP contribution in [-0.2, 0) is 0 Å². The number of aromatic nitrogens is 1. The van der Waals surface area contributed by atoms with Crippen molar-refractivity contribution in [2.75, 3.05) is 0 Å². The summed E-state index contributed by atoms with van der Waals surface area (Å²) in [7, 11) is 0. The van der Waals surface area contributed by atoms with Crippen LogP contribution in [-0.4, -0.2) is 4.98 Å². The minimum Gasteiger partial charge on any atom is -0.344 e. The second-order valence-corrected chi connectivity index (χ2v) is 2.70. The van der Waals surface area contributed by atoms with Crippen LogP contribution in [0.2, 0.25) is 0 Å². The van der Waals surface area contributed by atoms with Crippen molar-refractivity contribution in [3.63, 3.8) is 0 Å². The summed E-state index contributed by atoms with van der Waals surface area (Å²) in [5.41, 5.74) is 2.35. The fourth-order valence-electron chi connectivity index (χ4n) is 1.20. The van der Waals surface area contributed by atoms with Gasteiger partial charge in [0, 0.05) is 11.6 Å². The molecule has 0 saturated heterocycles. The number of fused-ring (bicyclic) bond motifs is 1. The monoisotopic (exact) mass is 160 g/mol. The summed E-state index contributed by atoms with van der Waals surface area (Å²) in [6, 6.07) is 10.3. The van der Waals surface area contributed by atoms with Crippen LogP contribution in [0, 0.1) is 6.92 Å². The maximum Gasteiger partial charge on any atom is 0.0702 e. The van der Waals surface area contributed by atoms with E-state index in [4.69, 9.17) is 0 Å². The molecule has 0 radical (unpaired) electrons. The summed E-state index contributed by atoms with van der Waals surface area (Å²) in [6.07, 6.45) is 1.82. The fourth-order valence-corrected chi connectivity index (χ4v) is 1.20. The zero-order chi connectivity index (χ0) is 7.68. The van der Waals surface area contributed by atoms with Crippen molar-refractivity contribution in [3.05, 3.63) is 42.1 Å². The lowest BCUT2D eigenvalue weighted by atomic mass is 10.1. The van der Waals surface area contributed by atoms with E-state index in [2.05, 4.69) is 30.1 Å². The van der Waals surface area contributed by atoms with Gasteiger partial charge in [0.25, 0.3) is 0 Å². The molecule has 62 valence electrons. The van der Waals surface area contributed by atoms with E-state index in [-0.39, 0.29) is 6.15 Å². The van der Waals surface area contributed by atoms with Crippen LogP contribution in [0.3, 0.4) is 0 Å². The Kier molecular flexibility index (Phi) is 2.41. The molecule has 1 heterocycles. The average Bonchev–Trinajstić information content (AvgIpc) is 2.04. The first-order chi connectivity index (χ1) is 5.36. The van der Waals surface area contributed by atoms with Gasteiger partial charge in [-0.1, -0.05) is 17.7 Å². The lowest BCUT2D eigenvalue weighted by Crippen LogP contribution is -1.77. The van der Waals surface area contributed by atoms with Crippen LogP contribution >= 0.6 is 0 Å². The Balaban J connectivity index is 0.000000720. The molecule has 0 fully saturated rings. The molecule has 0 amide bonds. The lowest BCUT2D eigenvalue weighted by molar-refractivity contribution is 1.39. The van der Waals surface area contributed by atoms with Crippen LogP contribution in [0.25, 0.3) is 10.9 Å². The predicted octanol–water partition coefficient (Wildman–Crippen LogP) is 2.71. The van der Waals surface area contributed by atoms with Gasteiger partial charge in [0.15, 0.2) is 0 Å². The molecule has 0 aliphatic carbocycles. The van der Waals surface area contributed by atoms with Crippen molar-refractivity contribution in [1.29, 1.82) is 0 Å². The van der Waals surface area contributed by atoms with Crippen LogP contribution in [0.15, 0.2) is 36.5 Å². The highest BCUT2D eigenvalue weighted by Crippen LogP contribution is 2.11. The average molecular weight is 160 g/mol. The van der Waals surface area contributed by atoms with E-state index in [0.717, 1.165) is 5.52 Å². The zero-order valence-electron chi connectivity index (χ0n) is 7.12. The van der Waals surface area contributed by atoms with Gasteiger partial charge in [-0.3, -0.25) is 4.98 Å². The standard InChI is InChI=1S/C10H9N.H3N/c1-8-4-5-10-9(7-8)3-2-6-11-10;/h2-7H,1H3;1H3. The van der Waals surface area contributed by atoms with Gasteiger partial charge < -0.3 is 6.15 Å². The van der Waals surface area contributed by atoms with Crippen molar-refractivity contribution < 1.29 is 0 Å². The Hall–Kier alpha value is -1.41. The molecule has 2 nitrogen and oxygen atoms in total. The van der Waals surface area contributed by atoms with Crippen molar-refractivity contribution in [3.8, 4) is 0 Å². The summed E-state index contributed by atoms with van der Waals surface area (Å²) < 4.78 is 0. The van der Waals surface area contributed by atoms with Crippen LogP contribution in [0.4, 0.5) is 0 Å². The maximum atomic E-state index is 4.22. The first-order valence-corrected chi connectivity index (χ1v) is 3.68. The van der Waals surface area contributed by atoms with Crippen molar-refractivity contribution in [2.45, 2.75) is 6.92 Å². The molecule has 0 atom stereocenters. The summed E-state index contributed by atoms with van der Waals surface area (Å²) in [5.74, 6) is 0. The van der Waals surface area contributed by atoms with E-state index in [9.17, 15) is 0 Å². The molecule has 1 aromatic carbocycles. The molecule has 0 bridgehead atoms. The van der Waals surface area contributed by atoms with Crippen molar-refractivity contribution in [2.24, 2.45) is 0 Å². The summed E-state index contributed by atoms with van der Waals surface area (Å²) >= 11 is 0. The van der Waals surface area contributed by atoms with Gasteiger partial charge >= 0.3 is 0 Å².